The normalized spacial score (nSPS) is 20.1. The van der Waals surface area contributed by atoms with Gasteiger partial charge in [0.25, 0.3) is 11.8 Å². The van der Waals surface area contributed by atoms with Crippen molar-refractivity contribution in [2.45, 2.75) is 17.0 Å². The van der Waals surface area contributed by atoms with Crippen molar-refractivity contribution in [2.24, 2.45) is 10.3 Å². The molecule has 1 fully saturated rings. The van der Waals surface area contributed by atoms with Gasteiger partial charge in [-0.25, -0.2) is 13.7 Å². The molecule has 2 heterocycles. The minimum Gasteiger partial charge on any atom is -0.324 e. The molecule has 0 aliphatic carbocycles. The van der Waals surface area contributed by atoms with Crippen LogP contribution in [-0.2, 0) is 14.4 Å². The number of fused-ring (bicyclic) bond motifs is 1. The minimum atomic E-state index is -1.18. The molecule has 3 amide bonds. The van der Waals surface area contributed by atoms with Crippen LogP contribution < -0.4 is 10.2 Å². The number of anilines is 2. The summed E-state index contributed by atoms with van der Waals surface area (Å²) < 4.78 is 26.7. The molecular weight excluding hydrogens is 416 g/mol. The largest absolute Gasteiger partial charge is 0.324 e. The number of hydrogen-bond donors (Lipinski definition) is 1. The highest BCUT2D eigenvalue weighted by Crippen LogP contribution is 2.32. The van der Waals surface area contributed by atoms with Crippen molar-refractivity contribution >= 4 is 40.9 Å². The van der Waals surface area contributed by atoms with E-state index in [4.69, 9.17) is 0 Å². The summed E-state index contributed by atoms with van der Waals surface area (Å²) in [6, 6.07) is 7.68. The second-order valence-electron chi connectivity index (χ2n) is 6.58. The number of nitrogens with one attached hydrogen (secondary N) is 1. The second kappa shape index (κ2) is 7.82. The monoisotopic (exact) mass is 431 g/mol. The first-order valence-corrected chi connectivity index (χ1v) is 10.1. The highest BCUT2D eigenvalue weighted by molar-refractivity contribution is 7.98. The molecule has 0 aromatic heterocycles. The van der Waals surface area contributed by atoms with Crippen molar-refractivity contribution in [1.82, 2.24) is 5.01 Å². The number of imide groups is 1. The van der Waals surface area contributed by atoms with Gasteiger partial charge < -0.3 is 5.32 Å². The molecule has 154 valence electrons. The zero-order valence-electron chi connectivity index (χ0n) is 15.6. The van der Waals surface area contributed by atoms with Crippen molar-refractivity contribution in [3.63, 3.8) is 0 Å². The van der Waals surface area contributed by atoms with Crippen LogP contribution in [0.4, 0.5) is 20.2 Å². The Bertz CT molecular complexity index is 1080. The average Bonchev–Trinajstić information content (AvgIpc) is 3.24. The molecule has 1 N–H and O–H groups in total. The molecule has 0 unspecified atom stereocenters. The van der Waals surface area contributed by atoms with Crippen LogP contribution in [0.1, 0.15) is 0 Å². The first kappa shape index (κ1) is 20.0. The van der Waals surface area contributed by atoms with Gasteiger partial charge in [0.1, 0.15) is 6.54 Å². The maximum atomic E-state index is 13.6. The Morgan fingerprint density at radius 3 is 2.67 bits per heavy atom. The smallest absolute Gasteiger partial charge is 0.263 e. The number of amides is 3. The first-order valence-electron chi connectivity index (χ1n) is 8.83. The van der Waals surface area contributed by atoms with Crippen molar-refractivity contribution in [1.29, 1.82) is 0 Å². The van der Waals surface area contributed by atoms with E-state index in [9.17, 15) is 23.2 Å². The van der Waals surface area contributed by atoms with Gasteiger partial charge in [-0.15, -0.1) is 11.8 Å². The number of benzene rings is 2. The van der Waals surface area contributed by atoms with Crippen LogP contribution in [-0.4, -0.2) is 47.6 Å². The summed E-state index contributed by atoms with van der Waals surface area (Å²) in [7, 11) is 0. The van der Waals surface area contributed by atoms with E-state index >= 15 is 0 Å². The molecule has 2 aliphatic heterocycles. The number of carbonyl (C=O) groups excluding carboxylic acids is 3. The van der Waals surface area contributed by atoms with E-state index in [-0.39, 0.29) is 12.2 Å². The van der Waals surface area contributed by atoms with Gasteiger partial charge in [-0.1, -0.05) is 11.3 Å². The fourth-order valence-electron chi connectivity index (χ4n) is 3.28. The summed E-state index contributed by atoms with van der Waals surface area (Å²) >= 11 is 1.52. The van der Waals surface area contributed by atoms with E-state index in [0.717, 1.165) is 33.0 Å². The topological polar surface area (TPSA) is 94.4 Å². The first-order chi connectivity index (χ1) is 14.4. The molecule has 8 nitrogen and oxygen atoms in total. The maximum absolute atomic E-state index is 13.6. The number of carbonyl (C=O) groups is 3. The molecule has 30 heavy (non-hydrogen) atoms. The number of rotatable bonds is 5. The fraction of sp³-hybridized carbons (Fsp3) is 0.211. The van der Waals surface area contributed by atoms with Crippen LogP contribution in [0.3, 0.4) is 0 Å². The molecule has 2 aromatic carbocycles. The number of halogens is 2. The molecule has 2 atom stereocenters. The average molecular weight is 431 g/mol. The zero-order chi connectivity index (χ0) is 21.4. The standard InChI is InChI=1S/C19H15F2N5O3S/c1-30-12-4-2-3-10(7-12)22-15(27)9-25-17-16(23-24-25)18(28)26(19(17)29)11-5-6-13(20)14(21)8-11/h2-8,16-17H,9H2,1H3,(H,22,27)/t16-,17+/m0/s1. The van der Waals surface area contributed by atoms with E-state index in [1.807, 2.05) is 12.3 Å². The summed E-state index contributed by atoms with van der Waals surface area (Å²) in [5, 5.41) is 11.4. The zero-order valence-corrected chi connectivity index (χ0v) is 16.4. The molecule has 4 rings (SSSR count). The quantitative estimate of drug-likeness (QED) is 0.580. The predicted octanol–water partition coefficient (Wildman–Crippen LogP) is 2.62. The summed E-state index contributed by atoms with van der Waals surface area (Å²) in [6.07, 6.45) is 1.91. The SMILES string of the molecule is CSc1cccc(NC(=O)CN2N=N[C@@H]3C(=O)N(c4ccc(F)c(F)c4)C(=O)[C@@H]32)c1. The third-order valence-electron chi connectivity index (χ3n) is 4.68. The molecule has 1 saturated heterocycles. The Balaban J connectivity index is 1.49. The molecule has 11 heteroatoms. The third-order valence-corrected chi connectivity index (χ3v) is 5.40. The lowest BCUT2D eigenvalue weighted by Gasteiger charge is -2.20. The lowest BCUT2D eigenvalue weighted by molar-refractivity contribution is -0.123. The fourth-order valence-corrected chi connectivity index (χ4v) is 3.74. The van der Waals surface area contributed by atoms with Crippen molar-refractivity contribution in [2.75, 3.05) is 23.0 Å². The summed E-state index contributed by atoms with van der Waals surface area (Å²) in [6.45, 7) is -0.307. The number of nitrogens with zero attached hydrogens (tertiary/aromatic N) is 4. The summed E-state index contributed by atoms with van der Waals surface area (Å²) in [5.74, 6) is -4.15. The highest BCUT2D eigenvalue weighted by Gasteiger charge is 2.55. The molecule has 0 radical (unpaired) electrons. The van der Waals surface area contributed by atoms with Crippen LogP contribution in [0.15, 0.2) is 57.7 Å². The van der Waals surface area contributed by atoms with E-state index in [1.165, 1.54) is 11.8 Å². The molecule has 0 bridgehead atoms. The van der Waals surface area contributed by atoms with Gasteiger partial charge in [-0.3, -0.25) is 19.4 Å². The van der Waals surface area contributed by atoms with Crippen molar-refractivity contribution in [3.8, 4) is 0 Å². The molecule has 0 spiro atoms. The molecule has 2 aromatic rings. The van der Waals surface area contributed by atoms with E-state index in [0.29, 0.717) is 5.69 Å². The van der Waals surface area contributed by atoms with Crippen LogP contribution in [0, 0.1) is 11.6 Å². The third kappa shape index (κ3) is 3.52. The minimum absolute atomic E-state index is 0.105. The van der Waals surface area contributed by atoms with Gasteiger partial charge in [0.15, 0.2) is 23.7 Å². The Labute approximate surface area is 173 Å². The maximum Gasteiger partial charge on any atom is 0.263 e. The predicted molar refractivity (Wildman–Crippen MR) is 105 cm³/mol. The van der Waals surface area contributed by atoms with Gasteiger partial charge in [0, 0.05) is 16.6 Å². The Hall–Kier alpha value is -3.34. The Kier molecular flexibility index (Phi) is 5.20. The van der Waals surface area contributed by atoms with Gasteiger partial charge in [0.05, 0.1) is 5.69 Å². The molecular formula is C19H15F2N5O3S. The van der Waals surface area contributed by atoms with Crippen molar-refractivity contribution in [3.05, 3.63) is 54.1 Å². The Morgan fingerprint density at radius 1 is 1.13 bits per heavy atom. The van der Waals surface area contributed by atoms with Crippen LogP contribution in [0.2, 0.25) is 0 Å². The number of hydrogen-bond acceptors (Lipinski definition) is 7. The van der Waals surface area contributed by atoms with Gasteiger partial charge >= 0.3 is 0 Å². The van der Waals surface area contributed by atoms with E-state index < -0.39 is 41.4 Å². The molecule has 0 saturated carbocycles. The summed E-state index contributed by atoms with van der Waals surface area (Å²) in [5.41, 5.74) is 0.476. The number of thioether (sulfide) groups is 1. The summed E-state index contributed by atoms with van der Waals surface area (Å²) in [4.78, 5) is 39.5. The second-order valence-corrected chi connectivity index (χ2v) is 7.46. The van der Waals surface area contributed by atoms with E-state index in [2.05, 4.69) is 15.7 Å². The van der Waals surface area contributed by atoms with Crippen LogP contribution in [0.25, 0.3) is 0 Å². The van der Waals surface area contributed by atoms with Gasteiger partial charge in [-0.2, -0.15) is 5.11 Å². The Morgan fingerprint density at radius 2 is 1.93 bits per heavy atom. The molecule has 2 aliphatic rings. The highest BCUT2D eigenvalue weighted by atomic mass is 32.2. The van der Waals surface area contributed by atoms with E-state index in [1.54, 1.807) is 18.2 Å². The van der Waals surface area contributed by atoms with Crippen LogP contribution >= 0.6 is 11.8 Å². The van der Waals surface area contributed by atoms with Crippen molar-refractivity contribution < 1.29 is 23.2 Å². The lowest BCUT2D eigenvalue weighted by atomic mass is 10.1. The van der Waals surface area contributed by atoms with Crippen LogP contribution in [0.5, 0.6) is 0 Å². The lowest BCUT2D eigenvalue weighted by Crippen LogP contribution is -2.43. The van der Waals surface area contributed by atoms with Gasteiger partial charge in [-0.05, 0) is 36.6 Å². The van der Waals surface area contributed by atoms with Gasteiger partial charge in [0.2, 0.25) is 5.91 Å².